The predicted molar refractivity (Wildman–Crippen MR) is 67.5 cm³/mol. The van der Waals surface area contributed by atoms with E-state index >= 15 is 0 Å². The Kier molecular flexibility index (Phi) is 3.85. The standard InChI is InChI=1S/C14H16N2O/c15-7-6-11-3-1-4-12(9-11)14(17)13-5-2-8-16-10-13/h1-5,8-10,14,17H,6-7,15H2. The van der Waals surface area contributed by atoms with Crippen LogP contribution in [0.5, 0.6) is 0 Å². The Morgan fingerprint density at radius 1 is 1.18 bits per heavy atom. The molecule has 3 nitrogen and oxygen atoms in total. The number of aromatic nitrogens is 1. The molecule has 17 heavy (non-hydrogen) atoms. The molecule has 0 bridgehead atoms. The molecule has 1 heterocycles. The number of benzene rings is 1. The van der Waals surface area contributed by atoms with Crippen LogP contribution in [0.3, 0.4) is 0 Å². The molecule has 1 aromatic carbocycles. The second-order valence-corrected chi connectivity index (χ2v) is 3.97. The van der Waals surface area contributed by atoms with E-state index in [-0.39, 0.29) is 0 Å². The zero-order valence-electron chi connectivity index (χ0n) is 9.58. The smallest absolute Gasteiger partial charge is 0.106 e. The molecule has 0 amide bonds. The monoisotopic (exact) mass is 228 g/mol. The highest BCUT2D eigenvalue weighted by Gasteiger charge is 2.10. The third-order valence-electron chi connectivity index (χ3n) is 2.70. The number of hydrogen-bond donors (Lipinski definition) is 2. The highest BCUT2D eigenvalue weighted by Crippen LogP contribution is 2.21. The summed E-state index contributed by atoms with van der Waals surface area (Å²) in [6.07, 6.45) is 3.58. The van der Waals surface area contributed by atoms with Gasteiger partial charge >= 0.3 is 0 Å². The van der Waals surface area contributed by atoms with Crippen LogP contribution >= 0.6 is 0 Å². The van der Waals surface area contributed by atoms with Gasteiger partial charge in [0.05, 0.1) is 0 Å². The fraction of sp³-hybridized carbons (Fsp3) is 0.214. The number of nitrogens with zero attached hydrogens (tertiary/aromatic N) is 1. The lowest BCUT2D eigenvalue weighted by Gasteiger charge is -2.12. The van der Waals surface area contributed by atoms with Gasteiger partial charge in [-0.1, -0.05) is 30.3 Å². The van der Waals surface area contributed by atoms with Gasteiger partial charge < -0.3 is 10.8 Å². The van der Waals surface area contributed by atoms with Crippen molar-refractivity contribution >= 4 is 0 Å². The maximum atomic E-state index is 10.2. The van der Waals surface area contributed by atoms with Crippen LogP contribution in [-0.2, 0) is 6.42 Å². The van der Waals surface area contributed by atoms with Crippen molar-refractivity contribution in [1.29, 1.82) is 0 Å². The molecule has 2 aromatic rings. The van der Waals surface area contributed by atoms with Crippen molar-refractivity contribution < 1.29 is 5.11 Å². The molecule has 0 aliphatic rings. The first-order valence-corrected chi connectivity index (χ1v) is 5.68. The first kappa shape index (κ1) is 11.8. The molecule has 0 radical (unpaired) electrons. The van der Waals surface area contributed by atoms with Gasteiger partial charge in [0.25, 0.3) is 0 Å². The summed E-state index contributed by atoms with van der Waals surface area (Å²) in [5.41, 5.74) is 8.35. The Morgan fingerprint density at radius 2 is 2.00 bits per heavy atom. The molecule has 0 saturated heterocycles. The van der Waals surface area contributed by atoms with Crippen LogP contribution in [0.1, 0.15) is 22.8 Å². The molecular formula is C14H16N2O. The molecule has 0 saturated carbocycles. The van der Waals surface area contributed by atoms with Crippen LogP contribution in [0, 0.1) is 0 Å². The van der Waals surface area contributed by atoms with E-state index in [9.17, 15) is 5.11 Å². The summed E-state index contributed by atoms with van der Waals surface area (Å²) < 4.78 is 0. The predicted octanol–water partition coefficient (Wildman–Crippen LogP) is 1.66. The highest BCUT2D eigenvalue weighted by atomic mass is 16.3. The van der Waals surface area contributed by atoms with E-state index in [1.54, 1.807) is 12.4 Å². The quantitative estimate of drug-likeness (QED) is 0.836. The number of aliphatic hydroxyl groups is 1. The van der Waals surface area contributed by atoms with Gasteiger partial charge in [-0.05, 0) is 30.2 Å². The van der Waals surface area contributed by atoms with Crippen LogP contribution in [0.4, 0.5) is 0 Å². The topological polar surface area (TPSA) is 59.1 Å². The minimum Gasteiger partial charge on any atom is -0.384 e. The summed E-state index contributed by atoms with van der Waals surface area (Å²) in [4.78, 5) is 4.01. The minimum atomic E-state index is -0.624. The van der Waals surface area contributed by atoms with Crippen LogP contribution in [-0.4, -0.2) is 16.6 Å². The SMILES string of the molecule is NCCc1cccc(C(O)c2cccnc2)c1. The van der Waals surface area contributed by atoms with E-state index in [1.165, 1.54) is 0 Å². The van der Waals surface area contributed by atoms with Gasteiger partial charge in [-0.15, -0.1) is 0 Å². The number of nitrogens with two attached hydrogens (primary N) is 1. The molecule has 1 atom stereocenters. The molecule has 0 aliphatic heterocycles. The summed E-state index contributed by atoms with van der Waals surface area (Å²) in [7, 11) is 0. The van der Waals surface area contributed by atoms with Crippen LogP contribution in [0.25, 0.3) is 0 Å². The lowest BCUT2D eigenvalue weighted by molar-refractivity contribution is 0.220. The van der Waals surface area contributed by atoms with E-state index in [0.29, 0.717) is 6.54 Å². The Hall–Kier alpha value is -1.71. The Balaban J connectivity index is 2.25. The van der Waals surface area contributed by atoms with Crippen molar-refractivity contribution in [3.8, 4) is 0 Å². The number of pyridine rings is 1. The highest BCUT2D eigenvalue weighted by molar-refractivity contribution is 5.31. The van der Waals surface area contributed by atoms with Crippen molar-refractivity contribution in [3.63, 3.8) is 0 Å². The van der Waals surface area contributed by atoms with Gasteiger partial charge in [-0.2, -0.15) is 0 Å². The molecule has 2 rings (SSSR count). The number of hydrogen-bond acceptors (Lipinski definition) is 3. The van der Waals surface area contributed by atoms with E-state index < -0.39 is 6.10 Å². The van der Waals surface area contributed by atoms with Crippen molar-refractivity contribution in [2.45, 2.75) is 12.5 Å². The maximum Gasteiger partial charge on any atom is 0.106 e. The summed E-state index contributed by atoms with van der Waals surface area (Å²) in [5, 5.41) is 10.2. The van der Waals surface area contributed by atoms with Gasteiger partial charge in [0, 0.05) is 18.0 Å². The average Bonchev–Trinajstić information content (AvgIpc) is 2.40. The lowest BCUT2D eigenvalue weighted by Crippen LogP contribution is -2.05. The average molecular weight is 228 g/mol. The second kappa shape index (κ2) is 5.57. The Morgan fingerprint density at radius 3 is 2.71 bits per heavy atom. The second-order valence-electron chi connectivity index (χ2n) is 3.97. The van der Waals surface area contributed by atoms with Gasteiger partial charge in [-0.3, -0.25) is 4.98 Å². The zero-order valence-corrected chi connectivity index (χ0v) is 9.58. The van der Waals surface area contributed by atoms with Crippen LogP contribution < -0.4 is 5.73 Å². The summed E-state index contributed by atoms with van der Waals surface area (Å²) in [6.45, 7) is 0.618. The lowest BCUT2D eigenvalue weighted by atomic mass is 10.00. The van der Waals surface area contributed by atoms with Gasteiger partial charge in [0.15, 0.2) is 0 Å². The largest absolute Gasteiger partial charge is 0.384 e. The first-order chi connectivity index (χ1) is 8.31. The van der Waals surface area contributed by atoms with Gasteiger partial charge in [-0.25, -0.2) is 0 Å². The molecule has 3 heteroatoms. The minimum absolute atomic E-state index is 0.618. The molecule has 0 fully saturated rings. The summed E-state index contributed by atoms with van der Waals surface area (Å²) in [5.74, 6) is 0. The number of aliphatic hydroxyl groups excluding tert-OH is 1. The maximum absolute atomic E-state index is 10.2. The van der Waals surface area contributed by atoms with Crippen molar-refractivity contribution in [3.05, 3.63) is 65.5 Å². The summed E-state index contributed by atoms with van der Waals surface area (Å²) >= 11 is 0. The van der Waals surface area contributed by atoms with Crippen LogP contribution in [0.2, 0.25) is 0 Å². The van der Waals surface area contributed by atoms with E-state index in [1.807, 2.05) is 36.4 Å². The van der Waals surface area contributed by atoms with Crippen molar-refractivity contribution in [2.24, 2.45) is 5.73 Å². The molecular weight excluding hydrogens is 212 g/mol. The molecule has 1 aromatic heterocycles. The first-order valence-electron chi connectivity index (χ1n) is 5.68. The van der Waals surface area contributed by atoms with Gasteiger partial charge in [0.1, 0.15) is 6.10 Å². The van der Waals surface area contributed by atoms with Crippen molar-refractivity contribution in [1.82, 2.24) is 4.98 Å². The third-order valence-corrected chi connectivity index (χ3v) is 2.70. The van der Waals surface area contributed by atoms with Gasteiger partial charge in [0.2, 0.25) is 0 Å². The molecule has 3 N–H and O–H groups in total. The van der Waals surface area contributed by atoms with E-state index in [2.05, 4.69) is 4.98 Å². The molecule has 1 unspecified atom stereocenters. The fourth-order valence-corrected chi connectivity index (χ4v) is 1.82. The number of rotatable bonds is 4. The fourth-order valence-electron chi connectivity index (χ4n) is 1.82. The van der Waals surface area contributed by atoms with Crippen molar-refractivity contribution in [2.75, 3.05) is 6.54 Å². The zero-order chi connectivity index (χ0) is 12.1. The molecule has 0 spiro atoms. The van der Waals surface area contributed by atoms with E-state index in [0.717, 1.165) is 23.1 Å². The summed E-state index contributed by atoms with van der Waals surface area (Å²) in [6, 6.07) is 11.6. The molecule has 0 aliphatic carbocycles. The molecule has 88 valence electrons. The van der Waals surface area contributed by atoms with Crippen LogP contribution in [0.15, 0.2) is 48.8 Å². The van der Waals surface area contributed by atoms with E-state index in [4.69, 9.17) is 5.73 Å². The Labute approximate surface area is 101 Å². The normalized spacial score (nSPS) is 12.4. The Bertz CT molecular complexity index is 471. The third kappa shape index (κ3) is 2.90.